The monoisotopic (exact) mass is 432 g/mol. The van der Waals surface area contributed by atoms with E-state index in [2.05, 4.69) is 30.8 Å². The molecule has 0 spiro atoms. The van der Waals surface area contributed by atoms with Gasteiger partial charge in [0, 0.05) is 36.9 Å². The number of carbonyl (C=O) groups excluding carboxylic acids is 2. The quantitative estimate of drug-likeness (QED) is 0.458. The van der Waals surface area contributed by atoms with E-state index in [0.29, 0.717) is 18.6 Å². The van der Waals surface area contributed by atoms with Crippen molar-refractivity contribution in [3.8, 4) is 11.8 Å². The number of hydrogen-bond acceptors (Lipinski definition) is 8. The van der Waals surface area contributed by atoms with Gasteiger partial charge in [-0.2, -0.15) is 15.1 Å². The highest BCUT2D eigenvalue weighted by Crippen LogP contribution is 2.25. The Balaban J connectivity index is 2.26. The summed E-state index contributed by atoms with van der Waals surface area (Å²) in [5, 5.41) is 12.2. The van der Waals surface area contributed by atoms with Crippen LogP contribution in [0.1, 0.15) is 32.9 Å². The van der Waals surface area contributed by atoms with Gasteiger partial charge in [-0.3, -0.25) is 10.4 Å². The summed E-state index contributed by atoms with van der Waals surface area (Å²) in [7, 11) is 2.88. The third kappa shape index (κ3) is 6.80. The smallest absolute Gasteiger partial charge is 0.322 e. The van der Waals surface area contributed by atoms with E-state index in [9.17, 15) is 9.59 Å². The maximum atomic E-state index is 12.8. The van der Waals surface area contributed by atoms with Crippen molar-refractivity contribution in [2.75, 3.05) is 26.1 Å². The van der Waals surface area contributed by atoms with E-state index in [1.165, 1.54) is 20.3 Å². The van der Waals surface area contributed by atoms with Crippen LogP contribution in [0.4, 0.5) is 10.7 Å². The molecule has 168 valence electrons. The second-order valence-corrected chi connectivity index (χ2v) is 7.00. The van der Waals surface area contributed by atoms with E-state index in [1.807, 2.05) is 19.8 Å². The third-order valence-electron chi connectivity index (χ3n) is 4.55. The number of rotatable bonds is 11. The Morgan fingerprint density at radius 1 is 1.29 bits per heavy atom. The van der Waals surface area contributed by atoms with Gasteiger partial charge in [0.2, 0.25) is 17.7 Å². The molecule has 2 aromatic heterocycles. The fraction of sp³-hybridized carbons (Fsp3) is 0.500. The molecule has 2 heterocycles. The molecule has 0 aromatic carbocycles. The molecule has 11 nitrogen and oxygen atoms in total. The largest absolute Gasteiger partial charge is 0.481 e. The van der Waals surface area contributed by atoms with Crippen LogP contribution in [-0.4, -0.2) is 64.6 Å². The van der Waals surface area contributed by atoms with Gasteiger partial charge in [-0.05, 0) is 26.8 Å². The molecule has 0 aliphatic carbocycles. The molecular formula is C20H28N6O5. The van der Waals surface area contributed by atoms with Crippen molar-refractivity contribution in [1.82, 2.24) is 25.5 Å². The normalized spacial score (nSPS) is 13.5. The molecular weight excluding hydrogens is 404 g/mol. The molecule has 0 saturated heterocycles. The average molecular weight is 432 g/mol. The maximum Gasteiger partial charge on any atom is 0.322 e. The first-order valence-electron chi connectivity index (χ1n) is 9.74. The van der Waals surface area contributed by atoms with Crippen LogP contribution in [0.15, 0.2) is 23.9 Å². The van der Waals surface area contributed by atoms with Gasteiger partial charge in [-0.25, -0.2) is 9.59 Å². The number of aromatic nitrogens is 4. The Hall–Kier alpha value is -3.43. The lowest BCUT2D eigenvalue weighted by atomic mass is 9.84. The number of amides is 2. The van der Waals surface area contributed by atoms with Gasteiger partial charge in [0.05, 0.1) is 31.9 Å². The topological polar surface area (TPSA) is 140 Å². The van der Waals surface area contributed by atoms with Crippen LogP contribution >= 0.6 is 0 Å². The van der Waals surface area contributed by atoms with Gasteiger partial charge >= 0.3 is 6.03 Å². The summed E-state index contributed by atoms with van der Waals surface area (Å²) in [6.07, 6.45) is 1.95. The standard InChI is InChI=1S/C20H28N6O5/c1-6-31-13(2)9-14(12-27)20(3,11-15-7-8-21-26-15)25-19(28)24-18-22-16(29-4)10-17(23-18)30-5/h7-8,10,13H,6,9,11H2,1-5H3,(H,21,26)(H2,22,23,24,25,28). The number of carbonyl (C=O) groups is 1. The van der Waals surface area contributed by atoms with Gasteiger partial charge in [0.1, 0.15) is 5.94 Å². The highest BCUT2D eigenvalue weighted by atomic mass is 16.5. The highest BCUT2D eigenvalue weighted by molar-refractivity contribution is 5.88. The highest BCUT2D eigenvalue weighted by Gasteiger charge is 2.34. The molecule has 31 heavy (non-hydrogen) atoms. The fourth-order valence-corrected chi connectivity index (χ4v) is 3.05. The van der Waals surface area contributed by atoms with Crippen LogP contribution in [-0.2, 0) is 16.0 Å². The molecule has 0 saturated carbocycles. The van der Waals surface area contributed by atoms with E-state index in [1.54, 1.807) is 19.2 Å². The lowest BCUT2D eigenvalue weighted by Crippen LogP contribution is -2.51. The number of nitrogens with zero attached hydrogens (tertiary/aromatic N) is 3. The molecule has 0 radical (unpaired) electrons. The first-order valence-corrected chi connectivity index (χ1v) is 9.74. The molecule has 2 atom stereocenters. The van der Waals surface area contributed by atoms with Crippen molar-refractivity contribution >= 4 is 17.9 Å². The molecule has 0 aliphatic heterocycles. The first-order chi connectivity index (χ1) is 14.8. The Morgan fingerprint density at radius 3 is 2.48 bits per heavy atom. The minimum atomic E-state index is -1.08. The average Bonchev–Trinajstić information content (AvgIpc) is 3.24. The molecule has 3 N–H and O–H groups in total. The van der Waals surface area contributed by atoms with Crippen LogP contribution in [0, 0.1) is 0 Å². The Kier molecular flexibility index (Phi) is 8.53. The number of hydrogen-bond donors (Lipinski definition) is 3. The van der Waals surface area contributed by atoms with E-state index in [-0.39, 0.29) is 30.2 Å². The summed E-state index contributed by atoms with van der Waals surface area (Å²) in [5.74, 6) is 2.42. The lowest BCUT2D eigenvalue weighted by molar-refractivity contribution is 0.0743. The molecule has 2 amide bonds. The molecule has 2 rings (SSSR count). The van der Waals surface area contributed by atoms with Crippen molar-refractivity contribution in [1.29, 1.82) is 0 Å². The maximum absolute atomic E-state index is 12.8. The third-order valence-corrected chi connectivity index (χ3v) is 4.55. The molecule has 0 aliphatic rings. The summed E-state index contributed by atoms with van der Waals surface area (Å²) in [5.41, 5.74) is 0.00779. The zero-order chi connectivity index (χ0) is 22.9. The lowest BCUT2D eigenvalue weighted by Gasteiger charge is -2.32. The number of urea groups is 1. The molecule has 0 bridgehead atoms. The van der Waals surface area contributed by atoms with Gasteiger partial charge in [-0.15, -0.1) is 0 Å². The number of H-pyrrole nitrogens is 1. The fourth-order valence-electron chi connectivity index (χ4n) is 3.05. The first kappa shape index (κ1) is 23.8. The van der Waals surface area contributed by atoms with Crippen LogP contribution < -0.4 is 20.1 Å². The van der Waals surface area contributed by atoms with Crippen molar-refractivity contribution in [3.05, 3.63) is 29.6 Å². The Morgan fingerprint density at radius 2 is 1.97 bits per heavy atom. The number of nitrogens with one attached hydrogen (secondary N) is 3. The predicted octanol–water partition coefficient (Wildman–Crippen LogP) is 1.91. The summed E-state index contributed by atoms with van der Waals surface area (Å²) in [6, 6.07) is 2.63. The zero-order valence-electron chi connectivity index (χ0n) is 18.3. The van der Waals surface area contributed by atoms with Crippen molar-refractivity contribution in [2.24, 2.45) is 0 Å². The second kappa shape index (κ2) is 11.1. The van der Waals surface area contributed by atoms with Crippen LogP contribution in [0.2, 0.25) is 0 Å². The molecule has 2 aromatic rings. The summed E-state index contributed by atoms with van der Waals surface area (Å²) >= 11 is 0. The summed E-state index contributed by atoms with van der Waals surface area (Å²) < 4.78 is 15.7. The van der Waals surface area contributed by atoms with Crippen LogP contribution in [0.3, 0.4) is 0 Å². The van der Waals surface area contributed by atoms with E-state index in [4.69, 9.17) is 14.2 Å². The van der Waals surface area contributed by atoms with E-state index >= 15 is 0 Å². The van der Waals surface area contributed by atoms with Crippen molar-refractivity contribution in [2.45, 2.75) is 45.3 Å². The molecule has 0 fully saturated rings. The van der Waals surface area contributed by atoms with Gasteiger partial charge < -0.3 is 19.5 Å². The summed E-state index contributed by atoms with van der Waals surface area (Å²) in [6.45, 7) is 5.97. The van der Waals surface area contributed by atoms with Gasteiger partial charge in [0.15, 0.2) is 0 Å². The number of methoxy groups -OCH3 is 2. The SMILES string of the molecule is CCOC(C)CC(=C=O)C(C)(Cc1ccn[nH]1)NC(=O)Nc1nc(OC)cc(OC)n1. The predicted molar refractivity (Wildman–Crippen MR) is 113 cm³/mol. The van der Waals surface area contributed by atoms with Crippen LogP contribution in [0.5, 0.6) is 11.8 Å². The Bertz CT molecular complexity index is 891. The molecule has 11 heteroatoms. The molecule has 2 unspecified atom stereocenters. The van der Waals surface area contributed by atoms with E-state index < -0.39 is 11.6 Å². The zero-order valence-corrected chi connectivity index (χ0v) is 18.3. The second-order valence-electron chi connectivity index (χ2n) is 7.00. The minimum absolute atomic E-state index is 0.0168. The van der Waals surface area contributed by atoms with Gasteiger partial charge in [0.25, 0.3) is 0 Å². The number of aromatic amines is 1. The number of ether oxygens (including phenoxy) is 3. The van der Waals surface area contributed by atoms with E-state index in [0.717, 1.165) is 5.69 Å². The Labute approximate surface area is 180 Å². The summed E-state index contributed by atoms with van der Waals surface area (Å²) in [4.78, 5) is 32.8. The van der Waals surface area contributed by atoms with Crippen molar-refractivity contribution < 1.29 is 23.8 Å². The van der Waals surface area contributed by atoms with Crippen molar-refractivity contribution in [3.63, 3.8) is 0 Å². The minimum Gasteiger partial charge on any atom is -0.481 e. The number of anilines is 1. The van der Waals surface area contributed by atoms with Crippen LogP contribution in [0.25, 0.3) is 0 Å². The van der Waals surface area contributed by atoms with Gasteiger partial charge in [-0.1, -0.05) is 0 Å².